The van der Waals surface area contributed by atoms with E-state index in [9.17, 15) is 13.9 Å². The molecule has 1 nitrogen and oxygen atoms in total. The Balaban J connectivity index is 2.55. The molecular weight excluding hydrogens is 266 g/mol. The van der Waals surface area contributed by atoms with Gasteiger partial charge < -0.3 is 5.11 Å². The fraction of sp³-hybridized carbons (Fsp3) is 0.455. The lowest BCUT2D eigenvalue weighted by atomic mass is 9.91. The van der Waals surface area contributed by atoms with Gasteiger partial charge in [0.25, 0.3) is 0 Å². The van der Waals surface area contributed by atoms with Gasteiger partial charge in [-0.05, 0) is 40.9 Å². The molecule has 0 spiro atoms. The highest BCUT2D eigenvalue weighted by molar-refractivity contribution is 9.10. The number of rotatable bonds is 1. The fourth-order valence-corrected chi connectivity index (χ4v) is 2.49. The van der Waals surface area contributed by atoms with Gasteiger partial charge in [-0.25, -0.2) is 8.78 Å². The lowest BCUT2D eigenvalue weighted by molar-refractivity contribution is 0.0367. The zero-order valence-corrected chi connectivity index (χ0v) is 9.65. The molecule has 0 amide bonds. The van der Waals surface area contributed by atoms with Crippen molar-refractivity contribution in [2.75, 3.05) is 0 Å². The maximum Gasteiger partial charge on any atom is 0.146 e. The van der Waals surface area contributed by atoms with Crippen LogP contribution < -0.4 is 0 Å². The van der Waals surface area contributed by atoms with E-state index in [0.717, 1.165) is 12.8 Å². The van der Waals surface area contributed by atoms with Gasteiger partial charge in [-0.15, -0.1) is 0 Å². The summed E-state index contributed by atoms with van der Waals surface area (Å²) in [6, 6.07) is 2.49. The van der Waals surface area contributed by atoms with Crippen LogP contribution in [0.1, 0.15) is 31.2 Å². The number of benzene rings is 1. The number of halogens is 3. The van der Waals surface area contributed by atoms with E-state index < -0.39 is 17.2 Å². The fourth-order valence-electron chi connectivity index (χ4n) is 2.16. The summed E-state index contributed by atoms with van der Waals surface area (Å²) in [5.41, 5.74) is -1.51. The standard InChI is InChI=1S/C11H11BrF2O/c12-7-3-4-8(13)9(10(7)14)11(15)5-1-2-6-11/h3-4,15H,1-2,5-6H2. The molecule has 0 heterocycles. The van der Waals surface area contributed by atoms with Crippen molar-refractivity contribution >= 4 is 15.9 Å². The molecule has 0 atom stereocenters. The number of hydrogen-bond acceptors (Lipinski definition) is 1. The van der Waals surface area contributed by atoms with Crippen LogP contribution in [0.3, 0.4) is 0 Å². The van der Waals surface area contributed by atoms with Crippen LogP contribution in [0, 0.1) is 11.6 Å². The first kappa shape index (κ1) is 11.0. The normalized spacial score (nSPS) is 19.5. The first-order valence-corrected chi connectivity index (χ1v) is 5.70. The summed E-state index contributed by atoms with van der Waals surface area (Å²) in [6.45, 7) is 0. The van der Waals surface area contributed by atoms with Gasteiger partial charge in [0.2, 0.25) is 0 Å². The maximum absolute atomic E-state index is 13.7. The molecule has 15 heavy (non-hydrogen) atoms. The summed E-state index contributed by atoms with van der Waals surface area (Å²) in [5.74, 6) is -1.35. The van der Waals surface area contributed by atoms with Gasteiger partial charge in [-0.3, -0.25) is 0 Å². The first-order chi connectivity index (χ1) is 7.04. The highest BCUT2D eigenvalue weighted by atomic mass is 79.9. The van der Waals surface area contributed by atoms with Crippen LogP contribution >= 0.6 is 15.9 Å². The third kappa shape index (κ3) is 1.81. The predicted octanol–water partition coefficient (Wildman–Crippen LogP) is 3.49. The second-order valence-electron chi connectivity index (χ2n) is 3.96. The van der Waals surface area contributed by atoms with Crippen molar-refractivity contribution in [3.8, 4) is 0 Å². The number of aliphatic hydroxyl groups is 1. The molecule has 1 aromatic carbocycles. The Labute approximate surface area is 95.2 Å². The maximum atomic E-state index is 13.7. The first-order valence-electron chi connectivity index (χ1n) is 4.91. The van der Waals surface area contributed by atoms with E-state index >= 15 is 0 Å². The lowest BCUT2D eigenvalue weighted by Crippen LogP contribution is -2.24. The summed E-state index contributed by atoms with van der Waals surface area (Å²) in [5, 5.41) is 10.1. The third-order valence-electron chi connectivity index (χ3n) is 2.94. The van der Waals surface area contributed by atoms with Crippen LogP contribution in [-0.4, -0.2) is 5.11 Å². The Morgan fingerprint density at radius 3 is 2.40 bits per heavy atom. The minimum Gasteiger partial charge on any atom is -0.385 e. The summed E-state index contributed by atoms with van der Waals surface area (Å²) in [7, 11) is 0. The highest BCUT2D eigenvalue weighted by Gasteiger charge is 2.38. The predicted molar refractivity (Wildman–Crippen MR) is 56.4 cm³/mol. The van der Waals surface area contributed by atoms with Gasteiger partial charge in [0.05, 0.1) is 15.6 Å². The van der Waals surface area contributed by atoms with E-state index in [4.69, 9.17) is 0 Å². The van der Waals surface area contributed by atoms with Crippen LogP contribution in [0.4, 0.5) is 8.78 Å². The van der Waals surface area contributed by atoms with Crippen molar-refractivity contribution in [2.24, 2.45) is 0 Å². The van der Waals surface area contributed by atoms with Crippen molar-refractivity contribution in [2.45, 2.75) is 31.3 Å². The van der Waals surface area contributed by atoms with Crippen molar-refractivity contribution in [3.05, 3.63) is 33.8 Å². The molecular formula is C11H11BrF2O. The van der Waals surface area contributed by atoms with Crippen LogP contribution in [0.2, 0.25) is 0 Å². The average molecular weight is 277 g/mol. The van der Waals surface area contributed by atoms with Gasteiger partial charge in [0.15, 0.2) is 0 Å². The topological polar surface area (TPSA) is 20.2 Å². The van der Waals surface area contributed by atoms with Gasteiger partial charge in [0, 0.05) is 0 Å². The zero-order chi connectivity index (χ0) is 11.1. The van der Waals surface area contributed by atoms with E-state index in [0.29, 0.717) is 12.8 Å². The minimum absolute atomic E-state index is 0.186. The van der Waals surface area contributed by atoms with Crippen LogP contribution in [0.5, 0.6) is 0 Å². The quantitative estimate of drug-likeness (QED) is 0.779. The van der Waals surface area contributed by atoms with E-state index in [1.165, 1.54) is 12.1 Å². The largest absolute Gasteiger partial charge is 0.385 e. The average Bonchev–Trinajstić information content (AvgIpc) is 2.60. The van der Waals surface area contributed by atoms with Gasteiger partial charge >= 0.3 is 0 Å². The molecule has 0 bridgehead atoms. The van der Waals surface area contributed by atoms with E-state index in [1.807, 2.05) is 0 Å². The van der Waals surface area contributed by atoms with Crippen molar-refractivity contribution in [1.29, 1.82) is 0 Å². The molecule has 1 aromatic rings. The van der Waals surface area contributed by atoms with Crippen molar-refractivity contribution in [1.82, 2.24) is 0 Å². The molecule has 0 radical (unpaired) electrons. The Morgan fingerprint density at radius 1 is 1.20 bits per heavy atom. The monoisotopic (exact) mass is 276 g/mol. The molecule has 0 aliphatic heterocycles. The third-order valence-corrected chi connectivity index (χ3v) is 3.55. The molecule has 0 unspecified atom stereocenters. The molecule has 1 fully saturated rings. The summed E-state index contributed by atoms with van der Waals surface area (Å²) >= 11 is 3.00. The smallest absolute Gasteiger partial charge is 0.146 e. The van der Waals surface area contributed by atoms with Gasteiger partial charge in [-0.2, -0.15) is 0 Å². The lowest BCUT2D eigenvalue weighted by Gasteiger charge is -2.24. The Morgan fingerprint density at radius 2 is 1.80 bits per heavy atom. The summed E-state index contributed by atoms with van der Waals surface area (Å²) in [4.78, 5) is 0. The SMILES string of the molecule is OC1(c2c(F)ccc(Br)c2F)CCCC1. The highest BCUT2D eigenvalue weighted by Crippen LogP contribution is 2.42. The molecule has 0 aromatic heterocycles. The van der Waals surface area contributed by atoms with Crippen LogP contribution in [0.15, 0.2) is 16.6 Å². The Bertz CT molecular complexity index is 386. The van der Waals surface area contributed by atoms with Crippen molar-refractivity contribution < 1.29 is 13.9 Å². The van der Waals surface area contributed by atoms with Crippen LogP contribution in [-0.2, 0) is 5.60 Å². The van der Waals surface area contributed by atoms with E-state index in [1.54, 1.807) is 0 Å². The molecule has 82 valence electrons. The Hall–Kier alpha value is -0.480. The second kappa shape index (κ2) is 3.83. The molecule has 4 heteroatoms. The molecule has 0 saturated heterocycles. The molecule has 2 rings (SSSR count). The summed E-state index contributed by atoms with van der Waals surface area (Å²) in [6.07, 6.45) is 2.47. The van der Waals surface area contributed by atoms with Crippen LogP contribution in [0.25, 0.3) is 0 Å². The summed E-state index contributed by atoms with van der Waals surface area (Å²) < 4.78 is 27.4. The van der Waals surface area contributed by atoms with Crippen molar-refractivity contribution in [3.63, 3.8) is 0 Å². The molecule has 1 saturated carbocycles. The van der Waals surface area contributed by atoms with Gasteiger partial charge in [-0.1, -0.05) is 12.8 Å². The second-order valence-corrected chi connectivity index (χ2v) is 4.81. The van der Waals surface area contributed by atoms with E-state index in [2.05, 4.69) is 15.9 Å². The van der Waals surface area contributed by atoms with Gasteiger partial charge in [0.1, 0.15) is 11.6 Å². The molecule has 1 aliphatic rings. The minimum atomic E-state index is -1.32. The number of hydrogen-bond donors (Lipinski definition) is 1. The molecule has 1 aliphatic carbocycles. The zero-order valence-electron chi connectivity index (χ0n) is 8.06. The Kier molecular flexibility index (Phi) is 2.81. The molecule has 1 N–H and O–H groups in total. The van der Waals surface area contributed by atoms with E-state index in [-0.39, 0.29) is 10.0 Å².